The molecule has 0 spiro atoms. The Bertz CT molecular complexity index is 1110. The molecular formula is C22H22F3N3O4. The lowest BCUT2D eigenvalue weighted by Gasteiger charge is -2.30. The number of methoxy groups -OCH3 is 1. The number of ether oxygens (including phenoxy) is 1. The van der Waals surface area contributed by atoms with E-state index in [4.69, 9.17) is 4.74 Å². The fourth-order valence-electron chi connectivity index (χ4n) is 3.55. The summed E-state index contributed by atoms with van der Waals surface area (Å²) in [5, 5.41) is 2.27. The van der Waals surface area contributed by atoms with Gasteiger partial charge in [-0.2, -0.15) is 0 Å². The van der Waals surface area contributed by atoms with Gasteiger partial charge in [-0.15, -0.1) is 0 Å². The van der Waals surface area contributed by atoms with Crippen LogP contribution in [-0.4, -0.2) is 48.4 Å². The minimum Gasteiger partial charge on any atom is -0.491 e. The molecule has 0 saturated carbocycles. The first-order valence-corrected chi connectivity index (χ1v) is 9.80. The standard InChI is InChI=1S/C22H22F3N3O4/c1-27-6-4-3-5-14(27)10-28-11-16(20(30)21(32-2)19(28)12-29)22(31)26-9-15-17(24)7-13(23)8-18(15)25/h3-4,7-8,11-12,14H,5-6,9-10H2,1-2H3,(H,26,31). The molecule has 2 aromatic rings. The van der Waals surface area contributed by atoms with E-state index >= 15 is 0 Å². The molecule has 0 fully saturated rings. The average Bonchev–Trinajstić information content (AvgIpc) is 2.74. The summed E-state index contributed by atoms with van der Waals surface area (Å²) in [5.41, 5.74) is -1.76. The first-order chi connectivity index (χ1) is 15.3. The lowest BCUT2D eigenvalue weighted by atomic mass is 10.1. The molecule has 1 N–H and O–H groups in total. The van der Waals surface area contributed by atoms with E-state index in [1.165, 1.54) is 17.9 Å². The summed E-state index contributed by atoms with van der Waals surface area (Å²) in [6.07, 6.45) is 6.42. The van der Waals surface area contributed by atoms with Gasteiger partial charge < -0.3 is 14.6 Å². The zero-order valence-corrected chi connectivity index (χ0v) is 17.5. The van der Waals surface area contributed by atoms with Crippen molar-refractivity contribution in [3.8, 4) is 5.75 Å². The van der Waals surface area contributed by atoms with Gasteiger partial charge in [0.15, 0.2) is 12.0 Å². The number of pyridine rings is 1. The molecule has 170 valence electrons. The Morgan fingerprint density at radius 1 is 1.25 bits per heavy atom. The SMILES string of the molecule is COc1c(C=O)n(CC2CC=CCN2C)cc(C(=O)NCc2c(F)cc(F)cc2F)c1=O. The van der Waals surface area contributed by atoms with E-state index in [1.807, 2.05) is 19.2 Å². The van der Waals surface area contributed by atoms with E-state index in [2.05, 4.69) is 10.2 Å². The number of nitrogens with zero attached hydrogens (tertiary/aromatic N) is 2. The molecule has 0 saturated heterocycles. The number of carbonyl (C=O) groups is 2. The molecule has 1 aliphatic rings. The number of likely N-dealkylation sites (N-methyl/N-ethyl adjacent to an activating group) is 1. The van der Waals surface area contributed by atoms with Gasteiger partial charge in [-0.05, 0) is 13.5 Å². The smallest absolute Gasteiger partial charge is 0.257 e. The van der Waals surface area contributed by atoms with Crippen molar-refractivity contribution in [1.29, 1.82) is 0 Å². The third kappa shape index (κ3) is 4.75. The highest BCUT2D eigenvalue weighted by Crippen LogP contribution is 2.18. The third-order valence-corrected chi connectivity index (χ3v) is 5.37. The first kappa shape index (κ1) is 23.3. The van der Waals surface area contributed by atoms with Crippen molar-refractivity contribution in [1.82, 2.24) is 14.8 Å². The highest BCUT2D eigenvalue weighted by atomic mass is 19.1. The predicted octanol–water partition coefficient (Wildman–Crippen LogP) is 2.28. The maximum absolute atomic E-state index is 13.9. The van der Waals surface area contributed by atoms with E-state index in [-0.39, 0.29) is 23.0 Å². The number of rotatable bonds is 7. The molecule has 1 unspecified atom stereocenters. The first-order valence-electron chi connectivity index (χ1n) is 9.80. The molecule has 1 atom stereocenters. The Morgan fingerprint density at radius 2 is 1.94 bits per heavy atom. The van der Waals surface area contributed by atoms with Crippen LogP contribution in [-0.2, 0) is 13.1 Å². The van der Waals surface area contributed by atoms with Crippen LogP contribution in [0.2, 0.25) is 0 Å². The molecule has 0 aliphatic carbocycles. The van der Waals surface area contributed by atoms with Crippen molar-refractivity contribution in [2.45, 2.75) is 25.6 Å². The number of aromatic nitrogens is 1. The lowest BCUT2D eigenvalue weighted by Crippen LogP contribution is -2.39. The molecule has 2 heterocycles. The second kappa shape index (κ2) is 9.82. The molecule has 0 radical (unpaired) electrons. The number of aldehydes is 1. The van der Waals surface area contributed by atoms with Gasteiger partial charge in [-0.25, -0.2) is 13.2 Å². The van der Waals surface area contributed by atoms with Crippen molar-refractivity contribution in [3.63, 3.8) is 0 Å². The fraction of sp³-hybridized carbons (Fsp3) is 0.318. The van der Waals surface area contributed by atoms with Crippen LogP contribution in [0, 0.1) is 17.5 Å². The van der Waals surface area contributed by atoms with E-state index in [1.54, 1.807) is 0 Å². The van der Waals surface area contributed by atoms with Gasteiger partial charge in [0.2, 0.25) is 5.43 Å². The Balaban J connectivity index is 1.93. The summed E-state index contributed by atoms with van der Waals surface area (Å²) in [6, 6.07) is 0.993. The van der Waals surface area contributed by atoms with Crippen LogP contribution in [0.4, 0.5) is 13.2 Å². The number of benzene rings is 1. The number of nitrogens with one attached hydrogen (secondary N) is 1. The molecule has 1 amide bonds. The molecule has 32 heavy (non-hydrogen) atoms. The lowest BCUT2D eigenvalue weighted by molar-refractivity contribution is 0.0946. The molecule has 1 aliphatic heterocycles. The second-order valence-electron chi connectivity index (χ2n) is 7.39. The topological polar surface area (TPSA) is 80.6 Å². The number of amides is 1. The average molecular weight is 449 g/mol. The molecule has 0 bridgehead atoms. The van der Waals surface area contributed by atoms with Crippen LogP contribution in [0.15, 0.2) is 35.3 Å². The number of hydrogen-bond acceptors (Lipinski definition) is 5. The van der Waals surface area contributed by atoms with Crippen LogP contribution >= 0.6 is 0 Å². The molecule has 10 heteroatoms. The summed E-state index contributed by atoms with van der Waals surface area (Å²) in [7, 11) is 3.11. The summed E-state index contributed by atoms with van der Waals surface area (Å²) < 4.78 is 47.3. The van der Waals surface area contributed by atoms with Crippen molar-refractivity contribution in [2.75, 3.05) is 20.7 Å². The van der Waals surface area contributed by atoms with Gasteiger partial charge in [0.05, 0.1) is 7.11 Å². The zero-order chi connectivity index (χ0) is 23.4. The Kier molecular flexibility index (Phi) is 7.14. The summed E-state index contributed by atoms with van der Waals surface area (Å²) in [6.45, 7) is 0.401. The monoisotopic (exact) mass is 449 g/mol. The summed E-state index contributed by atoms with van der Waals surface area (Å²) in [4.78, 5) is 39.2. The normalized spacial score (nSPS) is 16.1. The minimum atomic E-state index is -1.16. The third-order valence-electron chi connectivity index (χ3n) is 5.37. The van der Waals surface area contributed by atoms with E-state index in [0.717, 1.165) is 0 Å². The van der Waals surface area contributed by atoms with E-state index in [0.29, 0.717) is 37.9 Å². The van der Waals surface area contributed by atoms with Gasteiger partial charge in [0, 0.05) is 49.6 Å². The Morgan fingerprint density at radius 3 is 2.53 bits per heavy atom. The van der Waals surface area contributed by atoms with Gasteiger partial charge >= 0.3 is 0 Å². The molecule has 1 aromatic heterocycles. The Labute approximate surface area is 182 Å². The van der Waals surface area contributed by atoms with Crippen LogP contribution in [0.5, 0.6) is 5.75 Å². The largest absolute Gasteiger partial charge is 0.491 e. The summed E-state index contributed by atoms with van der Waals surface area (Å²) >= 11 is 0. The van der Waals surface area contributed by atoms with Crippen molar-refractivity contribution in [3.05, 3.63) is 75.0 Å². The highest BCUT2D eigenvalue weighted by Gasteiger charge is 2.24. The van der Waals surface area contributed by atoms with E-state index in [9.17, 15) is 27.6 Å². The van der Waals surface area contributed by atoms with Gasteiger partial charge in [-0.1, -0.05) is 12.2 Å². The minimum absolute atomic E-state index is 0.00391. The molecule has 1 aromatic carbocycles. The van der Waals surface area contributed by atoms with Crippen LogP contribution in [0.25, 0.3) is 0 Å². The van der Waals surface area contributed by atoms with Crippen LogP contribution in [0.3, 0.4) is 0 Å². The van der Waals surface area contributed by atoms with Crippen molar-refractivity contribution >= 4 is 12.2 Å². The predicted molar refractivity (Wildman–Crippen MR) is 110 cm³/mol. The maximum Gasteiger partial charge on any atom is 0.257 e. The number of carbonyl (C=O) groups excluding carboxylic acids is 2. The van der Waals surface area contributed by atoms with E-state index < -0.39 is 40.9 Å². The maximum atomic E-state index is 13.9. The molecule has 3 rings (SSSR count). The van der Waals surface area contributed by atoms with Gasteiger partial charge in [-0.3, -0.25) is 19.3 Å². The number of halogens is 3. The van der Waals surface area contributed by atoms with Crippen molar-refractivity contribution in [2.24, 2.45) is 0 Å². The quantitative estimate of drug-likeness (QED) is 0.518. The zero-order valence-electron chi connectivity index (χ0n) is 17.5. The van der Waals surface area contributed by atoms with Gasteiger partial charge in [0.1, 0.15) is 28.7 Å². The van der Waals surface area contributed by atoms with Crippen molar-refractivity contribution < 1.29 is 27.5 Å². The molecular weight excluding hydrogens is 427 g/mol. The summed E-state index contributed by atoms with van der Waals surface area (Å²) in [5.74, 6) is -4.64. The molecule has 7 nitrogen and oxygen atoms in total. The van der Waals surface area contributed by atoms with Crippen LogP contribution in [0.1, 0.15) is 32.8 Å². The Hall–Kier alpha value is -3.40. The highest BCUT2D eigenvalue weighted by molar-refractivity contribution is 5.95. The second-order valence-corrected chi connectivity index (χ2v) is 7.39. The number of hydrogen-bond donors (Lipinski definition) is 1. The van der Waals surface area contributed by atoms with Crippen LogP contribution < -0.4 is 15.5 Å². The fourth-order valence-corrected chi connectivity index (χ4v) is 3.55. The van der Waals surface area contributed by atoms with Gasteiger partial charge in [0.25, 0.3) is 5.91 Å².